The Morgan fingerprint density at radius 2 is 1.71 bits per heavy atom. The lowest BCUT2D eigenvalue weighted by Crippen LogP contribution is -2.24. The zero-order valence-electron chi connectivity index (χ0n) is 15.1. The second-order valence-electron chi connectivity index (χ2n) is 6.29. The predicted molar refractivity (Wildman–Crippen MR) is 111 cm³/mol. The molecule has 0 fully saturated rings. The SMILES string of the molecule is O=C(Cc1ccc(-c2csc(-c3ccncc3)n2)cc1)NCc1cccnc1. The molecule has 0 aliphatic rings. The molecule has 3 heterocycles. The van der Waals surface area contributed by atoms with Crippen LogP contribution in [0.2, 0.25) is 0 Å². The van der Waals surface area contributed by atoms with Crippen LogP contribution < -0.4 is 5.32 Å². The second-order valence-corrected chi connectivity index (χ2v) is 7.14. The highest BCUT2D eigenvalue weighted by molar-refractivity contribution is 7.13. The minimum absolute atomic E-state index is 0.00904. The van der Waals surface area contributed by atoms with Gasteiger partial charge in [-0.1, -0.05) is 30.3 Å². The standard InChI is InChI=1S/C22H18N4OS/c27-21(25-14-17-2-1-9-24-13-17)12-16-3-5-18(6-4-16)20-15-28-22(26-20)19-7-10-23-11-8-19/h1-11,13,15H,12,14H2,(H,25,27). The summed E-state index contributed by atoms with van der Waals surface area (Å²) >= 11 is 1.61. The average Bonchev–Trinajstić information content (AvgIpc) is 3.25. The van der Waals surface area contributed by atoms with Crippen molar-refractivity contribution in [2.45, 2.75) is 13.0 Å². The van der Waals surface area contributed by atoms with Crippen molar-refractivity contribution < 1.29 is 4.79 Å². The summed E-state index contributed by atoms with van der Waals surface area (Å²) < 4.78 is 0. The van der Waals surface area contributed by atoms with Gasteiger partial charge in [0.25, 0.3) is 0 Å². The summed E-state index contributed by atoms with van der Waals surface area (Å²) in [5, 5.41) is 5.94. The van der Waals surface area contributed by atoms with Gasteiger partial charge in [0.15, 0.2) is 0 Å². The fourth-order valence-electron chi connectivity index (χ4n) is 2.78. The van der Waals surface area contributed by atoms with E-state index >= 15 is 0 Å². The molecule has 0 bridgehead atoms. The lowest BCUT2D eigenvalue weighted by Gasteiger charge is -2.06. The molecule has 3 aromatic heterocycles. The zero-order valence-corrected chi connectivity index (χ0v) is 15.9. The number of amides is 1. The third-order valence-electron chi connectivity index (χ3n) is 4.26. The molecular formula is C22H18N4OS. The topological polar surface area (TPSA) is 67.8 Å². The van der Waals surface area contributed by atoms with Crippen LogP contribution in [-0.2, 0) is 17.8 Å². The van der Waals surface area contributed by atoms with Crippen LogP contribution in [0.5, 0.6) is 0 Å². The lowest BCUT2D eigenvalue weighted by molar-refractivity contribution is -0.120. The average molecular weight is 386 g/mol. The van der Waals surface area contributed by atoms with Crippen LogP contribution in [0.25, 0.3) is 21.8 Å². The molecule has 1 N–H and O–H groups in total. The van der Waals surface area contributed by atoms with Crippen molar-refractivity contribution in [2.24, 2.45) is 0 Å². The monoisotopic (exact) mass is 386 g/mol. The number of aromatic nitrogens is 3. The summed E-state index contributed by atoms with van der Waals surface area (Å²) in [7, 11) is 0. The molecule has 138 valence electrons. The molecule has 0 aliphatic heterocycles. The summed E-state index contributed by atoms with van der Waals surface area (Å²) in [6.07, 6.45) is 7.35. The fourth-order valence-corrected chi connectivity index (χ4v) is 3.61. The van der Waals surface area contributed by atoms with Crippen molar-refractivity contribution in [1.82, 2.24) is 20.3 Å². The molecule has 1 aromatic carbocycles. The van der Waals surface area contributed by atoms with Crippen LogP contribution >= 0.6 is 11.3 Å². The van der Waals surface area contributed by atoms with Crippen molar-refractivity contribution >= 4 is 17.2 Å². The molecule has 0 unspecified atom stereocenters. The van der Waals surface area contributed by atoms with Gasteiger partial charge in [-0.05, 0) is 29.3 Å². The Hall–Kier alpha value is -3.38. The van der Waals surface area contributed by atoms with Crippen molar-refractivity contribution in [2.75, 3.05) is 0 Å². The van der Waals surface area contributed by atoms with Gasteiger partial charge in [0.05, 0.1) is 12.1 Å². The summed E-state index contributed by atoms with van der Waals surface area (Å²) in [5.41, 5.74) is 4.99. The summed E-state index contributed by atoms with van der Waals surface area (Å²) in [5.74, 6) is -0.00904. The molecule has 1 amide bonds. The van der Waals surface area contributed by atoms with Crippen LogP contribution in [0.15, 0.2) is 78.7 Å². The largest absolute Gasteiger partial charge is 0.352 e. The first kappa shape index (κ1) is 18.0. The Bertz CT molecular complexity index is 1050. The Morgan fingerprint density at radius 1 is 0.893 bits per heavy atom. The number of pyridine rings is 2. The van der Waals surface area contributed by atoms with Crippen molar-refractivity contribution in [3.63, 3.8) is 0 Å². The van der Waals surface area contributed by atoms with E-state index in [0.29, 0.717) is 13.0 Å². The number of nitrogens with one attached hydrogen (secondary N) is 1. The molecule has 6 heteroatoms. The Balaban J connectivity index is 1.37. The van der Waals surface area contributed by atoms with Crippen LogP contribution in [0.4, 0.5) is 0 Å². The maximum atomic E-state index is 12.2. The summed E-state index contributed by atoms with van der Waals surface area (Å²) in [6.45, 7) is 0.487. The third kappa shape index (κ3) is 4.47. The molecule has 0 atom stereocenters. The Morgan fingerprint density at radius 3 is 2.46 bits per heavy atom. The molecule has 0 aliphatic carbocycles. The van der Waals surface area contributed by atoms with Crippen molar-refractivity contribution in [1.29, 1.82) is 0 Å². The van der Waals surface area contributed by atoms with E-state index in [1.807, 2.05) is 53.9 Å². The number of hydrogen-bond acceptors (Lipinski definition) is 5. The number of carbonyl (C=O) groups excluding carboxylic acids is 1. The first-order chi connectivity index (χ1) is 13.8. The van der Waals surface area contributed by atoms with Gasteiger partial charge in [-0.15, -0.1) is 11.3 Å². The number of rotatable bonds is 6. The fraction of sp³-hybridized carbons (Fsp3) is 0.0909. The molecule has 0 radical (unpaired) electrons. The van der Waals surface area contributed by atoms with E-state index in [1.54, 1.807) is 36.1 Å². The third-order valence-corrected chi connectivity index (χ3v) is 5.15. The van der Waals surface area contributed by atoms with E-state index in [4.69, 9.17) is 4.98 Å². The molecule has 5 nitrogen and oxygen atoms in total. The van der Waals surface area contributed by atoms with E-state index in [9.17, 15) is 4.79 Å². The van der Waals surface area contributed by atoms with Crippen LogP contribution in [0, 0.1) is 0 Å². The Kier molecular flexibility index (Phi) is 5.49. The van der Waals surface area contributed by atoms with E-state index < -0.39 is 0 Å². The van der Waals surface area contributed by atoms with Gasteiger partial charge in [0.1, 0.15) is 5.01 Å². The molecule has 4 aromatic rings. The van der Waals surface area contributed by atoms with E-state index in [0.717, 1.165) is 33.0 Å². The first-order valence-corrected chi connectivity index (χ1v) is 9.77. The van der Waals surface area contributed by atoms with Crippen molar-refractivity contribution in [3.8, 4) is 21.8 Å². The lowest BCUT2D eigenvalue weighted by atomic mass is 10.1. The Labute approximate surface area is 167 Å². The smallest absolute Gasteiger partial charge is 0.224 e. The number of hydrogen-bond donors (Lipinski definition) is 1. The van der Waals surface area contributed by atoms with Gasteiger partial charge >= 0.3 is 0 Å². The molecule has 0 saturated heterocycles. The molecule has 0 saturated carbocycles. The highest BCUT2D eigenvalue weighted by Gasteiger charge is 2.08. The highest BCUT2D eigenvalue weighted by atomic mass is 32.1. The number of carbonyl (C=O) groups is 1. The van der Waals surface area contributed by atoms with E-state index in [2.05, 4.69) is 15.3 Å². The van der Waals surface area contributed by atoms with E-state index in [-0.39, 0.29) is 5.91 Å². The normalized spacial score (nSPS) is 10.6. The second kappa shape index (κ2) is 8.54. The minimum atomic E-state index is -0.00904. The van der Waals surface area contributed by atoms with Crippen LogP contribution in [-0.4, -0.2) is 20.9 Å². The van der Waals surface area contributed by atoms with Crippen LogP contribution in [0.3, 0.4) is 0 Å². The van der Waals surface area contributed by atoms with Gasteiger partial charge in [0.2, 0.25) is 5.91 Å². The van der Waals surface area contributed by atoms with Gasteiger partial charge in [-0.2, -0.15) is 0 Å². The number of nitrogens with zero attached hydrogens (tertiary/aromatic N) is 3. The highest BCUT2D eigenvalue weighted by Crippen LogP contribution is 2.28. The first-order valence-electron chi connectivity index (χ1n) is 8.89. The molecule has 28 heavy (non-hydrogen) atoms. The summed E-state index contributed by atoms with van der Waals surface area (Å²) in [6, 6.07) is 15.7. The van der Waals surface area contributed by atoms with E-state index in [1.165, 1.54) is 0 Å². The van der Waals surface area contributed by atoms with Gasteiger partial charge < -0.3 is 5.32 Å². The summed E-state index contributed by atoms with van der Waals surface area (Å²) in [4.78, 5) is 25.0. The predicted octanol–water partition coefficient (Wildman–Crippen LogP) is 4.13. The van der Waals surface area contributed by atoms with Crippen LogP contribution in [0.1, 0.15) is 11.1 Å². The van der Waals surface area contributed by atoms with Gasteiger partial charge in [-0.3, -0.25) is 14.8 Å². The molecule has 4 rings (SSSR count). The van der Waals surface area contributed by atoms with Gasteiger partial charge in [0, 0.05) is 47.8 Å². The zero-order chi connectivity index (χ0) is 19.2. The molecule has 0 spiro atoms. The van der Waals surface area contributed by atoms with Crippen molar-refractivity contribution in [3.05, 3.63) is 89.8 Å². The molecular weight excluding hydrogens is 368 g/mol. The maximum Gasteiger partial charge on any atom is 0.224 e. The quantitative estimate of drug-likeness (QED) is 0.541. The minimum Gasteiger partial charge on any atom is -0.352 e. The van der Waals surface area contributed by atoms with Gasteiger partial charge in [-0.25, -0.2) is 4.98 Å². The number of benzene rings is 1. The maximum absolute atomic E-state index is 12.2. The number of thiazole rings is 1.